The highest BCUT2D eigenvalue weighted by Crippen LogP contribution is 2.19. The molecule has 2 N–H and O–H groups in total. The molecule has 7 heteroatoms. The zero-order valence-electron chi connectivity index (χ0n) is 11.1. The van der Waals surface area contributed by atoms with Crippen LogP contribution in [0.1, 0.15) is 12.5 Å². The minimum Gasteiger partial charge on any atom is -0.481 e. The molecule has 0 aromatic heterocycles. The summed E-state index contributed by atoms with van der Waals surface area (Å²) < 4.78 is 41.5. The fourth-order valence-electron chi connectivity index (χ4n) is 1.40. The van der Waals surface area contributed by atoms with Gasteiger partial charge in [0.15, 0.2) is 12.2 Å². The number of amides is 1. The van der Waals surface area contributed by atoms with Crippen molar-refractivity contribution in [3.63, 3.8) is 0 Å². The summed E-state index contributed by atoms with van der Waals surface area (Å²) >= 11 is 0. The van der Waals surface area contributed by atoms with Crippen molar-refractivity contribution >= 4 is 5.91 Å². The van der Waals surface area contributed by atoms with Crippen LogP contribution in [0.3, 0.4) is 0 Å². The van der Waals surface area contributed by atoms with Crippen LogP contribution >= 0.6 is 0 Å². The summed E-state index contributed by atoms with van der Waals surface area (Å²) in [6.07, 6.45) is -8.30. The smallest absolute Gasteiger partial charge is 0.416 e. The van der Waals surface area contributed by atoms with Crippen LogP contribution in [0.5, 0.6) is 5.75 Å². The Kier molecular flexibility index (Phi) is 5.38. The highest BCUT2D eigenvalue weighted by molar-refractivity contribution is 5.80. The first-order valence-corrected chi connectivity index (χ1v) is 5.96. The summed E-state index contributed by atoms with van der Waals surface area (Å²) in [6, 6.07) is 6.93. The molecule has 20 heavy (non-hydrogen) atoms. The molecule has 0 radical (unpaired) electrons. The highest BCUT2D eigenvalue weighted by atomic mass is 19.4. The first-order chi connectivity index (χ1) is 9.20. The third-order valence-electron chi connectivity index (χ3n) is 2.52. The third kappa shape index (κ3) is 5.08. The lowest BCUT2D eigenvalue weighted by molar-refractivity contribution is -0.202. The van der Waals surface area contributed by atoms with Crippen LogP contribution in [0.25, 0.3) is 0 Å². The third-order valence-corrected chi connectivity index (χ3v) is 2.52. The number of carbonyl (C=O) groups is 1. The van der Waals surface area contributed by atoms with Crippen LogP contribution in [0.15, 0.2) is 24.3 Å². The Bertz CT molecular complexity index is 462. The van der Waals surface area contributed by atoms with Gasteiger partial charge in [-0.05, 0) is 31.5 Å². The van der Waals surface area contributed by atoms with Gasteiger partial charge < -0.3 is 15.2 Å². The van der Waals surface area contributed by atoms with E-state index in [1.54, 1.807) is 18.2 Å². The van der Waals surface area contributed by atoms with E-state index in [1.165, 1.54) is 6.92 Å². The number of carbonyl (C=O) groups excluding carboxylic acids is 1. The largest absolute Gasteiger partial charge is 0.481 e. The Morgan fingerprint density at radius 3 is 2.65 bits per heavy atom. The Balaban J connectivity index is 2.47. The number of hydrogen-bond donors (Lipinski definition) is 2. The maximum absolute atomic E-state index is 12.1. The maximum Gasteiger partial charge on any atom is 0.416 e. The Morgan fingerprint density at radius 2 is 2.10 bits per heavy atom. The van der Waals surface area contributed by atoms with Crippen molar-refractivity contribution in [1.82, 2.24) is 5.32 Å². The second kappa shape index (κ2) is 6.60. The number of halogens is 3. The molecule has 2 atom stereocenters. The average Bonchev–Trinajstić information content (AvgIpc) is 2.34. The monoisotopic (exact) mass is 291 g/mol. The minimum atomic E-state index is -4.76. The molecule has 2 unspecified atom stereocenters. The molecule has 1 rings (SSSR count). The number of rotatable bonds is 5. The van der Waals surface area contributed by atoms with Gasteiger partial charge in [-0.15, -0.1) is 0 Å². The van der Waals surface area contributed by atoms with Gasteiger partial charge in [0, 0.05) is 0 Å². The fourth-order valence-corrected chi connectivity index (χ4v) is 1.40. The number of aliphatic hydroxyl groups is 1. The molecule has 4 nitrogen and oxygen atoms in total. The van der Waals surface area contributed by atoms with Gasteiger partial charge in [-0.3, -0.25) is 4.79 Å². The second-order valence-corrected chi connectivity index (χ2v) is 4.38. The van der Waals surface area contributed by atoms with Crippen molar-refractivity contribution in [3.8, 4) is 5.75 Å². The van der Waals surface area contributed by atoms with Crippen molar-refractivity contribution in [2.45, 2.75) is 32.2 Å². The Labute approximate surface area is 114 Å². The van der Waals surface area contributed by atoms with Crippen molar-refractivity contribution in [2.75, 3.05) is 6.54 Å². The van der Waals surface area contributed by atoms with E-state index in [0.29, 0.717) is 5.75 Å². The Hall–Kier alpha value is -1.76. The van der Waals surface area contributed by atoms with E-state index in [0.717, 1.165) is 5.56 Å². The highest BCUT2D eigenvalue weighted by Gasteiger charge is 2.38. The molecule has 0 aliphatic carbocycles. The fraction of sp³-hybridized carbons (Fsp3) is 0.462. The van der Waals surface area contributed by atoms with Crippen molar-refractivity contribution in [2.24, 2.45) is 0 Å². The topological polar surface area (TPSA) is 58.6 Å². The van der Waals surface area contributed by atoms with Gasteiger partial charge in [0.05, 0.1) is 6.54 Å². The molecule has 0 spiro atoms. The van der Waals surface area contributed by atoms with E-state index < -0.39 is 30.8 Å². The number of aryl methyl sites for hydroxylation is 1. The van der Waals surface area contributed by atoms with Crippen LogP contribution in [-0.2, 0) is 4.79 Å². The molecule has 0 aliphatic rings. The standard InChI is InChI=1S/C13H16F3NO3/c1-8-4-3-5-10(6-8)20-9(2)12(19)17-7-11(18)13(14,15)16/h3-6,9,11,18H,7H2,1-2H3,(H,17,19). The summed E-state index contributed by atoms with van der Waals surface area (Å²) in [4.78, 5) is 11.5. The summed E-state index contributed by atoms with van der Waals surface area (Å²) in [6.45, 7) is 2.36. The number of hydrogen-bond acceptors (Lipinski definition) is 3. The number of alkyl halides is 3. The maximum atomic E-state index is 12.1. The number of aliphatic hydroxyl groups excluding tert-OH is 1. The molecular formula is C13H16F3NO3. The van der Waals surface area contributed by atoms with E-state index in [2.05, 4.69) is 0 Å². The normalized spacial score (nSPS) is 14.5. The SMILES string of the molecule is Cc1cccc(OC(C)C(=O)NCC(O)C(F)(F)F)c1. The summed E-state index contributed by atoms with van der Waals surface area (Å²) in [5.74, 6) is -0.279. The quantitative estimate of drug-likeness (QED) is 0.869. The molecule has 0 bridgehead atoms. The average molecular weight is 291 g/mol. The molecule has 0 saturated heterocycles. The van der Waals surface area contributed by atoms with Gasteiger partial charge >= 0.3 is 6.18 Å². The minimum absolute atomic E-state index is 0.448. The van der Waals surface area contributed by atoms with Gasteiger partial charge in [0.1, 0.15) is 5.75 Å². The molecule has 1 amide bonds. The first-order valence-electron chi connectivity index (χ1n) is 5.96. The van der Waals surface area contributed by atoms with E-state index >= 15 is 0 Å². The van der Waals surface area contributed by atoms with Crippen molar-refractivity contribution in [1.29, 1.82) is 0 Å². The lowest BCUT2D eigenvalue weighted by atomic mass is 10.2. The van der Waals surface area contributed by atoms with Gasteiger partial charge in [0.25, 0.3) is 5.91 Å². The lowest BCUT2D eigenvalue weighted by Crippen LogP contribution is -2.44. The van der Waals surface area contributed by atoms with E-state index in [9.17, 15) is 18.0 Å². The second-order valence-electron chi connectivity index (χ2n) is 4.38. The molecule has 0 saturated carbocycles. The predicted octanol–water partition coefficient (Wildman–Crippen LogP) is 1.80. The lowest BCUT2D eigenvalue weighted by Gasteiger charge is -2.18. The summed E-state index contributed by atoms with van der Waals surface area (Å²) in [5, 5.41) is 10.8. The number of benzene rings is 1. The first kappa shape index (κ1) is 16.3. The van der Waals surface area contributed by atoms with E-state index in [4.69, 9.17) is 9.84 Å². The van der Waals surface area contributed by atoms with E-state index in [1.807, 2.05) is 18.3 Å². The van der Waals surface area contributed by atoms with Gasteiger partial charge in [0.2, 0.25) is 0 Å². The van der Waals surface area contributed by atoms with Gasteiger partial charge in [-0.2, -0.15) is 13.2 Å². The van der Waals surface area contributed by atoms with Crippen LogP contribution in [0.2, 0.25) is 0 Å². The molecular weight excluding hydrogens is 275 g/mol. The van der Waals surface area contributed by atoms with Crippen LogP contribution in [-0.4, -0.2) is 35.9 Å². The Morgan fingerprint density at radius 1 is 1.45 bits per heavy atom. The van der Waals surface area contributed by atoms with Crippen LogP contribution in [0, 0.1) is 6.92 Å². The van der Waals surface area contributed by atoms with E-state index in [-0.39, 0.29) is 0 Å². The molecule has 0 fully saturated rings. The molecule has 0 aliphatic heterocycles. The molecule has 1 aromatic rings. The van der Waals surface area contributed by atoms with Crippen LogP contribution < -0.4 is 10.1 Å². The zero-order chi connectivity index (χ0) is 15.3. The zero-order valence-corrected chi connectivity index (χ0v) is 11.1. The van der Waals surface area contributed by atoms with Crippen molar-refractivity contribution < 1.29 is 27.8 Å². The number of nitrogens with one attached hydrogen (secondary N) is 1. The summed E-state index contributed by atoms with van der Waals surface area (Å²) in [5.41, 5.74) is 0.933. The molecule has 1 aromatic carbocycles. The predicted molar refractivity (Wildman–Crippen MR) is 66.3 cm³/mol. The van der Waals surface area contributed by atoms with Crippen molar-refractivity contribution in [3.05, 3.63) is 29.8 Å². The molecule has 0 heterocycles. The number of ether oxygens (including phenoxy) is 1. The molecule has 112 valence electrons. The van der Waals surface area contributed by atoms with Gasteiger partial charge in [-0.25, -0.2) is 0 Å². The van der Waals surface area contributed by atoms with Crippen LogP contribution in [0.4, 0.5) is 13.2 Å². The summed E-state index contributed by atoms with van der Waals surface area (Å²) in [7, 11) is 0. The van der Waals surface area contributed by atoms with Gasteiger partial charge in [-0.1, -0.05) is 12.1 Å².